The number of hydrogen-bond acceptors (Lipinski definition) is 3. The zero-order chi connectivity index (χ0) is 24.0. The smallest absolute Gasteiger partial charge is 0.292 e. The van der Waals surface area contributed by atoms with Crippen molar-refractivity contribution < 1.29 is 4.74 Å². The van der Waals surface area contributed by atoms with Crippen LogP contribution in [-0.2, 0) is 6.42 Å². The Morgan fingerprint density at radius 1 is 0.812 bits per heavy atom. The van der Waals surface area contributed by atoms with Crippen molar-refractivity contribution in [1.29, 1.82) is 0 Å². The molecular weight excluding hydrogens is 394 g/mol. The number of hydrogen-bond donors (Lipinski definition) is 1. The summed E-state index contributed by atoms with van der Waals surface area (Å²) in [6.45, 7) is 16.2. The predicted octanol–water partition coefficient (Wildman–Crippen LogP) is 7.60. The minimum atomic E-state index is 0.150. The van der Waals surface area contributed by atoms with Crippen LogP contribution in [0.4, 0.5) is 5.69 Å². The first kappa shape index (κ1) is 29.7. The lowest BCUT2D eigenvalue weighted by Crippen LogP contribution is -2.27. The van der Waals surface area contributed by atoms with Crippen molar-refractivity contribution in [3.63, 3.8) is 0 Å². The number of unbranched alkanes of at least 4 members (excludes halogenated alkanes) is 3. The van der Waals surface area contributed by atoms with Crippen molar-refractivity contribution >= 4 is 11.7 Å². The quantitative estimate of drug-likeness (QED) is 0.222. The maximum atomic E-state index is 5.87. The van der Waals surface area contributed by atoms with Crippen molar-refractivity contribution in [2.45, 2.75) is 80.1 Å². The fraction of sp³-hybridized carbons (Fsp3) is 0.536. The van der Waals surface area contributed by atoms with Gasteiger partial charge < -0.3 is 15.4 Å². The Labute approximate surface area is 197 Å². The lowest BCUT2D eigenvalue weighted by atomic mass is 10.1. The summed E-state index contributed by atoms with van der Waals surface area (Å²) in [5.41, 5.74) is 7.96. The second-order valence-electron chi connectivity index (χ2n) is 7.42. The van der Waals surface area contributed by atoms with Crippen LogP contribution in [0.3, 0.4) is 0 Å². The molecule has 32 heavy (non-hydrogen) atoms. The highest BCUT2D eigenvalue weighted by Gasteiger charge is 2.04. The third kappa shape index (κ3) is 14.6. The molecule has 0 saturated carbocycles. The number of ether oxygens (including phenoxy) is 1. The Bertz CT molecular complexity index is 682. The van der Waals surface area contributed by atoms with Crippen LogP contribution in [0.15, 0.2) is 59.6 Å². The molecule has 2 rings (SSSR count). The van der Waals surface area contributed by atoms with Gasteiger partial charge in [0.2, 0.25) is 0 Å². The van der Waals surface area contributed by atoms with E-state index in [1.807, 2.05) is 56.3 Å². The van der Waals surface area contributed by atoms with Gasteiger partial charge in [-0.05, 0) is 55.8 Å². The summed E-state index contributed by atoms with van der Waals surface area (Å²) >= 11 is 0. The first-order valence-corrected chi connectivity index (χ1v) is 12.5. The predicted molar refractivity (Wildman–Crippen MR) is 142 cm³/mol. The van der Waals surface area contributed by atoms with Gasteiger partial charge in [-0.3, -0.25) is 0 Å². The van der Waals surface area contributed by atoms with Gasteiger partial charge in [-0.1, -0.05) is 97.6 Å². The summed E-state index contributed by atoms with van der Waals surface area (Å²) in [4.78, 5) is 6.77. The number of amidine groups is 1. The number of benzene rings is 2. The van der Waals surface area contributed by atoms with Crippen LogP contribution in [-0.4, -0.2) is 30.6 Å². The molecule has 2 aromatic carbocycles. The Hall–Kier alpha value is -2.33. The van der Waals surface area contributed by atoms with Crippen LogP contribution < -0.4 is 10.5 Å². The molecule has 0 aromatic heterocycles. The van der Waals surface area contributed by atoms with E-state index in [-0.39, 0.29) is 6.02 Å². The molecule has 0 aliphatic carbocycles. The molecule has 180 valence electrons. The van der Waals surface area contributed by atoms with E-state index in [1.54, 1.807) is 0 Å². The van der Waals surface area contributed by atoms with Crippen molar-refractivity contribution in [3.05, 3.63) is 60.2 Å². The summed E-state index contributed by atoms with van der Waals surface area (Å²) < 4.78 is 5.60. The highest BCUT2D eigenvalue weighted by atomic mass is 16.5. The fourth-order valence-corrected chi connectivity index (χ4v) is 2.80. The molecule has 0 fully saturated rings. The fourth-order valence-electron chi connectivity index (χ4n) is 2.80. The Balaban J connectivity index is 0.00000144. The molecule has 0 aliphatic rings. The zero-order valence-electron chi connectivity index (χ0n) is 21.4. The second-order valence-corrected chi connectivity index (χ2v) is 7.42. The maximum Gasteiger partial charge on any atom is 0.292 e. The van der Waals surface area contributed by atoms with Crippen LogP contribution in [0.25, 0.3) is 0 Å². The van der Waals surface area contributed by atoms with Gasteiger partial charge in [0.15, 0.2) is 0 Å². The van der Waals surface area contributed by atoms with Crippen molar-refractivity contribution in [1.82, 2.24) is 4.90 Å². The number of aliphatic imine (C=N–C) groups is 1. The molecule has 0 bridgehead atoms. The molecule has 0 radical (unpaired) electrons. The average molecular weight is 442 g/mol. The number of nitrogens with zero attached hydrogens (tertiary/aromatic N) is 2. The molecule has 0 atom stereocenters. The normalized spacial score (nSPS) is 10.7. The highest BCUT2D eigenvalue weighted by Crippen LogP contribution is 2.15. The second kappa shape index (κ2) is 20.6. The van der Waals surface area contributed by atoms with Crippen molar-refractivity contribution in [2.75, 3.05) is 19.6 Å². The molecule has 0 amide bonds. The number of likely N-dealkylation sites (N-methyl/N-ethyl adjacent to an activating group) is 1. The van der Waals surface area contributed by atoms with Gasteiger partial charge in [-0.15, -0.1) is 0 Å². The van der Waals surface area contributed by atoms with E-state index in [4.69, 9.17) is 10.5 Å². The number of nitrogens with two attached hydrogens (primary N) is 1. The summed E-state index contributed by atoms with van der Waals surface area (Å²) in [6.07, 6.45) is 7.56. The molecule has 0 heterocycles. The lowest BCUT2D eigenvalue weighted by molar-refractivity contribution is 0.285. The summed E-state index contributed by atoms with van der Waals surface area (Å²) in [7, 11) is 0. The van der Waals surface area contributed by atoms with E-state index in [0.717, 1.165) is 25.2 Å². The topological polar surface area (TPSA) is 50.9 Å². The van der Waals surface area contributed by atoms with Gasteiger partial charge in [0, 0.05) is 6.54 Å². The van der Waals surface area contributed by atoms with Crippen LogP contribution in [0.1, 0.15) is 79.2 Å². The largest absolute Gasteiger partial charge is 0.426 e. The third-order valence-electron chi connectivity index (χ3n) is 4.88. The van der Waals surface area contributed by atoms with E-state index < -0.39 is 0 Å². The number of para-hydroxylation sites is 1. The molecule has 0 unspecified atom stereocenters. The van der Waals surface area contributed by atoms with Gasteiger partial charge in [0.1, 0.15) is 5.75 Å². The van der Waals surface area contributed by atoms with E-state index in [0.29, 0.717) is 5.75 Å². The van der Waals surface area contributed by atoms with Crippen LogP contribution in [0.2, 0.25) is 0 Å². The molecule has 0 spiro atoms. The van der Waals surface area contributed by atoms with E-state index >= 15 is 0 Å². The van der Waals surface area contributed by atoms with Crippen molar-refractivity contribution in [3.8, 4) is 5.75 Å². The van der Waals surface area contributed by atoms with Gasteiger partial charge in [0.05, 0.1) is 5.69 Å². The Kier molecular flexibility index (Phi) is 19.1. The summed E-state index contributed by atoms with van der Waals surface area (Å²) in [5.74, 6) is 0.709. The SMILES string of the molecule is CC.CCCC.CCCCCN(CC)CCc1ccc(OC(N)=Nc2ccccc2)cc1. The summed E-state index contributed by atoms with van der Waals surface area (Å²) in [6, 6.07) is 17.8. The van der Waals surface area contributed by atoms with Crippen LogP contribution in [0, 0.1) is 0 Å². The molecule has 2 aromatic rings. The van der Waals surface area contributed by atoms with Crippen LogP contribution in [0.5, 0.6) is 5.75 Å². The standard InChI is InChI=1S/C22H31N3O.C4H10.C2H6/c1-3-5-9-17-25(4-2)18-16-19-12-14-21(15-13-19)26-22(23)24-20-10-7-6-8-11-20;1-3-4-2;1-2/h6-8,10-15H,3-5,9,16-18H2,1-2H3,(H2,23,24);3-4H2,1-2H3;1-2H3. The molecule has 2 N–H and O–H groups in total. The molecule has 0 aliphatic heterocycles. The monoisotopic (exact) mass is 441 g/mol. The minimum Gasteiger partial charge on any atom is -0.426 e. The molecular formula is C28H47N3O. The zero-order valence-corrected chi connectivity index (χ0v) is 21.4. The van der Waals surface area contributed by atoms with E-state index in [9.17, 15) is 0 Å². The average Bonchev–Trinajstić information content (AvgIpc) is 2.84. The Morgan fingerprint density at radius 2 is 1.44 bits per heavy atom. The minimum absolute atomic E-state index is 0.150. The van der Waals surface area contributed by atoms with Gasteiger partial charge >= 0.3 is 0 Å². The van der Waals surface area contributed by atoms with Gasteiger partial charge in [-0.25, -0.2) is 0 Å². The van der Waals surface area contributed by atoms with E-state index in [2.05, 4.69) is 49.7 Å². The van der Waals surface area contributed by atoms with E-state index in [1.165, 1.54) is 44.2 Å². The van der Waals surface area contributed by atoms with Crippen molar-refractivity contribution in [2.24, 2.45) is 10.7 Å². The molecule has 4 nitrogen and oxygen atoms in total. The maximum absolute atomic E-state index is 5.87. The molecule has 0 saturated heterocycles. The van der Waals surface area contributed by atoms with Crippen LogP contribution >= 0.6 is 0 Å². The number of rotatable bonds is 11. The Morgan fingerprint density at radius 3 is 1.97 bits per heavy atom. The van der Waals surface area contributed by atoms with Gasteiger partial charge in [-0.2, -0.15) is 4.99 Å². The van der Waals surface area contributed by atoms with Gasteiger partial charge in [0.25, 0.3) is 6.02 Å². The lowest BCUT2D eigenvalue weighted by Gasteiger charge is -2.20. The molecule has 4 heteroatoms. The summed E-state index contributed by atoms with van der Waals surface area (Å²) in [5, 5.41) is 0. The highest BCUT2D eigenvalue weighted by molar-refractivity contribution is 5.77. The first-order valence-electron chi connectivity index (χ1n) is 12.5. The third-order valence-corrected chi connectivity index (χ3v) is 4.88. The first-order chi connectivity index (χ1) is 15.6.